The average molecular weight is 588 g/mol. The van der Waals surface area contributed by atoms with Gasteiger partial charge < -0.3 is 14.2 Å². The first-order valence-corrected chi connectivity index (χ1v) is 14.6. The fourth-order valence-corrected chi connectivity index (χ4v) is 5.35. The molecule has 42 heavy (non-hydrogen) atoms. The van der Waals surface area contributed by atoms with Crippen LogP contribution in [0.15, 0.2) is 87.8 Å². The van der Waals surface area contributed by atoms with E-state index >= 15 is 4.39 Å². The predicted octanol–water partition coefficient (Wildman–Crippen LogP) is 6.61. The van der Waals surface area contributed by atoms with E-state index in [1.54, 1.807) is 36.5 Å². The van der Waals surface area contributed by atoms with Crippen molar-refractivity contribution in [3.8, 4) is 33.8 Å². The lowest BCUT2D eigenvalue weighted by Crippen LogP contribution is -2.25. The van der Waals surface area contributed by atoms with Gasteiger partial charge in [0.25, 0.3) is 5.91 Å². The number of hydrogen-bond acceptors (Lipinski definition) is 6. The highest BCUT2D eigenvalue weighted by atomic mass is 32.2. The summed E-state index contributed by atoms with van der Waals surface area (Å²) in [6.07, 6.45) is 2.66. The van der Waals surface area contributed by atoms with Crippen LogP contribution in [0.5, 0.6) is 0 Å². The Labute approximate surface area is 239 Å². The zero-order chi connectivity index (χ0) is 29.8. The first kappa shape index (κ1) is 27.2. The van der Waals surface area contributed by atoms with Crippen LogP contribution in [-0.2, 0) is 10.0 Å². The summed E-state index contributed by atoms with van der Waals surface area (Å²) in [5.41, 5.74) is 2.84. The fourth-order valence-electron chi connectivity index (χ4n) is 4.84. The summed E-state index contributed by atoms with van der Waals surface area (Å²) in [5.74, 6) is -0.992. The maximum Gasteiger partial charge on any atom is 0.255 e. The Morgan fingerprint density at radius 2 is 1.64 bits per heavy atom. The lowest BCUT2D eigenvalue weighted by atomic mass is 9.96. The molecule has 3 aromatic heterocycles. The average Bonchev–Trinajstić information content (AvgIpc) is 3.57. The predicted molar refractivity (Wildman–Crippen MR) is 157 cm³/mol. The lowest BCUT2D eigenvalue weighted by Gasteiger charge is -2.21. The molecular formula is C31H23F2N3O5S. The third-order valence-corrected chi connectivity index (χ3v) is 8.22. The van der Waals surface area contributed by atoms with Crippen molar-refractivity contribution in [2.24, 2.45) is 0 Å². The van der Waals surface area contributed by atoms with Gasteiger partial charge in [-0.25, -0.2) is 17.2 Å². The quantitative estimate of drug-likeness (QED) is 0.235. The number of amides is 1. The van der Waals surface area contributed by atoms with Gasteiger partial charge in [0.05, 0.1) is 17.5 Å². The summed E-state index contributed by atoms with van der Waals surface area (Å²) in [5, 5.41) is 2.90. The highest BCUT2D eigenvalue weighted by Crippen LogP contribution is 2.43. The van der Waals surface area contributed by atoms with Crippen LogP contribution in [0.3, 0.4) is 0 Å². The molecule has 6 aromatic rings. The van der Waals surface area contributed by atoms with Gasteiger partial charge in [-0.2, -0.15) is 0 Å². The van der Waals surface area contributed by atoms with Gasteiger partial charge in [0.15, 0.2) is 5.58 Å². The van der Waals surface area contributed by atoms with E-state index in [0.717, 1.165) is 10.6 Å². The zero-order valence-electron chi connectivity index (χ0n) is 22.6. The van der Waals surface area contributed by atoms with Crippen molar-refractivity contribution < 1.29 is 30.8 Å². The van der Waals surface area contributed by atoms with Crippen LogP contribution in [0, 0.1) is 11.6 Å². The Morgan fingerprint density at radius 3 is 2.33 bits per heavy atom. The van der Waals surface area contributed by atoms with Gasteiger partial charge in [0, 0.05) is 60.1 Å². The number of aromatic nitrogens is 1. The van der Waals surface area contributed by atoms with E-state index in [1.807, 2.05) is 0 Å². The SMILES string of the molecule is CNC(=O)c1c(-c2ccc(F)cc2)oc2cc(N(C)S(C)(=O)=O)c(-c3cc(-c4cc5ncccc5o4)ccc3F)cc12. The van der Waals surface area contributed by atoms with Crippen LogP contribution < -0.4 is 9.62 Å². The van der Waals surface area contributed by atoms with Gasteiger partial charge in [0.2, 0.25) is 10.0 Å². The Hall–Kier alpha value is -5.03. The molecule has 3 heterocycles. The van der Waals surface area contributed by atoms with E-state index in [9.17, 15) is 17.6 Å². The van der Waals surface area contributed by atoms with Crippen molar-refractivity contribution in [1.29, 1.82) is 0 Å². The summed E-state index contributed by atoms with van der Waals surface area (Å²) in [4.78, 5) is 17.4. The van der Waals surface area contributed by atoms with Crippen molar-refractivity contribution in [1.82, 2.24) is 10.3 Å². The van der Waals surface area contributed by atoms with Crippen molar-refractivity contribution in [2.45, 2.75) is 0 Å². The Kier molecular flexibility index (Phi) is 6.53. The van der Waals surface area contributed by atoms with Gasteiger partial charge in [-0.15, -0.1) is 0 Å². The van der Waals surface area contributed by atoms with Crippen molar-refractivity contribution in [3.05, 3.63) is 96.2 Å². The van der Waals surface area contributed by atoms with Crippen LogP contribution in [0.4, 0.5) is 14.5 Å². The molecule has 0 spiro atoms. The molecule has 0 bridgehead atoms. The molecule has 3 aromatic carbocycles. The molecule has 11 heteroatoms. The molecule has 0 saturated carbocycles. The maximum absolute atomic E-state index is 15.6. The minimum Gasteiger partial charge on any atom is -0.455 e. The molecular weight excluding hydrogens is 564 g/mol. The van der Waals surface area contributed by atoms with E-state index in [-0.39, 0.29) is 33.7 Å². The molecule has 0 aliphatic carbocycles. The van der Waals surface area contributed by atoms with Gasteiger partial charge in [0.1, 0.15) is 34.3 Å². The number of fused-ring (bicyclic) bond motifs is 2. The van der Waals surface area contributed by atoms with E-state index in [2.05, 4.69) is 10.3 Å². The zero-order valence-corrected chi connectivity index (χ0v) is 23.4. The van der Waals surface area contributed by atoms with E-state index in [0.29, 0.717) is 33.4 Å². The Bertz CT molecular complexity index is 2090. The number of benzene rings is 3. The van der Waals surface area contributed by atoms with Crippen LogP contribution in [0.1, 0.15) is 10.4 Å². The minimum absolute atomic E-state index is 0.0701. The largest absolute Gasteiger partial charge is 0.455 e. The van der Waals surface area contributed by atoms with Gasteiger partial charge in [-0.05, 0) is 60.7 Å². The standard InChI is InChI=1S/C31H23F2N3O5S/c1-34-31(37)29-22-14-21(20-13-18(8-11-23(20)33)27-15-24-26(40-27)5-4-12-35-24)25(36(2)42(3,38)39)16-28(22)41-30(29)17-6-9-19(32)10-7-17/h4-16H,1-3H3,(H,34,37). The molecule has 0 saturated heterocycles. The van der Waals surface area contributed by atoms with Crippen molar-refractivity contribution >= 4 is 43.7 Å². The third kappa shape index (κ3) is 4.67. The molecule has 0 aliphatic rings. The second-order valence-corrected chi connectivity index (χ2v) is 11.7. The smallest absolute Gasteiger partial charge is 0.255 e. The molecule has 6 rings (SSSR count). The van der Waals surface area contributed by atoms with Crippen LogP contribution in [0.2, 0.25) is 0 Å². The van der Waals surface area contributed by atoms with Crippen LogP contribution in [-0.4, -0.2) is 39.7 Å². The fraction of sp³-hybridized carbons (Fsp3) is 0.0968. The van der Waals surface area contributed by atoms with E-state index in [4.69, 9.17) is 8.83 Å². The molecule has 0 fully saturated rings. The molecule has 0 radical (unpaired) electrons. The van der Waals surface area contributed by atoms with E-state index < -0.39 is 27.6 Å². The van der Waals surface area contributed by atoms with Crippen LogP contribution >= 0.6 is 0 Å². The molecule has 1 amide bonds. The number of carbonyl (C=O) groups excluding carboxylic acids is 1. The molecule has 0 unspecified atom stereocenters. The number of sulfonamides is 1. The number of rotatable bonds is 6. The van der Waals surface area contributed by atoms with Crippen molar-refractivity contribution in [2.75, 3.05) is 24.7 Å². The molecule has 0 atom stereocenters. The number of nitrogens with zero attached hydrogens (tertiary/aromatic N) is 2. The summed E-state index contributed by atoms with van der Waals surface area (Å²) in [6, 6.07) is 18.0. The lowest BCUT2D eigenvalue weighted by molar-refractivity contribution is 0.0964. The number of halogens is 2. The number of nitrogens with one attached hydrogen (secondary N) is 1. The number of hydrogen-bond donors (Lipinski definition) is 1. The monoisotopic (exact) mass is 587 g/mol. The number of anilines is 1. The number of furan rings is 2. The highest BCUT2D eigenvalue weighted by Gasteiger charge is 2.27. The maximum atomic E-state index is 15.6. The van der Waals surface area contributed by atoms with Gasteiger partial charge in [-0.3, -0.25) is 14.1 Å². The molecule has 212 valence electrons. The number of carbonyl (C=O) groups is 1. The second kappa shape index (κ2) is 10.1. The minimum atomic E-state index is -3.81. The molecule has 0 aliphatic heterocycles. The topological polar surface area (TPSA) is 106 Å². The highest BCUT2D eigenvalue weighted by molar-refractivity contribution is 7.92. The second-order valence-electron chi connectivity index (χ2n) is 9.68. The Balaban J connectivity index is 1.64. The summed E-state index contributed by atoms with van der Waals surface area (Å²) < 4.78 is 67.6. The number of pyridine rings is 1. The molecule has 1 N–H and O–H groups in total. The molecule has 8 nitrogen and oxygen atoms in total. The van der Waals surface area contributed by atoms with Gasteiger partial charge >= 0.3 is 0 Å². The Morgan fingerprint density at radius 1 is 0.905 bits per heavy atom. The summed E-state index contributed by atoms with van der Waals surface area (Å²) in [7, 11) is -1.01. The third-order valence-electron chi connectivity index (χ3n) is 7.03. The van der Waals surface area contributed by atoms with Crippen molar-refractivity contribution in [3.63, 3.8) is 0 Å². The van der Waals surface area contributed by atoms with Crippen LogP contribution in [0.25, 0.3) is 55.8 Å². The summed E-state index contributed by atoms with van der Waals surface area (Å²) in [6.45, 7) is 0. The summed E-state index contributed by atoms with van der Waals surface area (Å²) >= 11 is 0. The van der Waals surface area contributed by atoms with E-state index in [1.165, 1.54) is 56.6 Å². The first-order chi connectivity index (χ1) is 20.0. The normalized spacial score (nSPS) is 11.7. The first-order valence-electron chi connectivity index (χ1n) is 12.7. The van der Waals surface area contributed by atoms with Gasteiger partial charge in [-0.1, -0.05) is 0 Å².